The standard InChI is InChI=1S/C13H10N2OS/c16-13-12(8-9-4-3-7-14-9)17-11-6-2-1-5-10(11)15-13/h1-6,8H,7H2,(H,15,16). The Morgan fingerprint density at radius 1 is 1.35 bits per heavy atom. The number of amides is 1. The fourth-order valence-electron chi connectivity index (χ4n) is 1.71. The lowest BCUT2D eigenvalue weighted by atomic mass is 10.3. The zero-order valence-electron chi connectivity index (χ0n) is 9.01. The molecule has 0 unspecified atom stereocenters. The molecular formula is C13H10N2OS. The molecule has 3 rings (SSSR count). The highest BCUT2D eigenvalue weighted by Gasteiger charge is 2.20. The summed E-state index contributed by atoms with van der Waals surface area (Å²) in [6, 6.07) is 7.79. The first kappa shape index (κ1) is 10.4. The number of allylic oxidation sites excluding steroid dienone is 2. The molecule has 1 aromatic carbocycles. The van der Waals surface area contributed by atoms with Crippen LogP contribution in [-0.4, -0.2) is 18.2 Å². The molecule has 1 aromatic rings. The lowest BCUT2D eigenvalue weighted by Crippen LogP contribution is -2.17. The number of aliphatic imine (C=N–C) groups is 1. The number of hydrogen-bond donors (Lipinski definition) is 1. The summed E-state index contributed by atoms with van der Waals surface area (Å²) in [4.78, 5) is 17.9. The van der Waals surface area contributed by atoms with Crippen LogP contribution in [0.3, 0.4) is 0 Å². The van der Waals surface area contributed by atoms with Crippen molar-refractivity contribution in [2.45, 2.75) is 4.90 Å². The molecule has 0 saturated heterocycles. The summed E-state index contributed by atoms with van der Waals surface area (Å²) in [5.41, 5.74) is 1.74. The molecule has 1 N–H and O–H groups in total. The number of nitrogens with one attached hydrogen (secondary N) is 1. The van der Waals surface area contributed by atoms with Gasteiger partial charge < -0.3 is 5.32 Å². The zero-order chi connectivity index (χ0) is 11.7. The highest BCUT2D eigenvalue weighted by atomic mass is 32.2. The number of fused-ring (bicyclic) bond motifs is 1. The normalized spacial score (nSPS) is 20.1. The third-order valence-electron chi connectivity index (χ3n) is 2.53. The molecule has 2 heterocycles. The van der Waals surface area contributed by atoms with Crippen LogP contribution in [0.2, 0.25) is 0 Å². The van der Waals surface area contributed by atoms with E-state index in [1.54, 1.807) is 0 Å². The Morgan fingerprint density at radius 3 is 3.06 bits per heavy atom. The Balaban J connectivity index is 1.94. The van der Waals surface area contributed by atoms with Crippen molar-refractivity contribution in [2.75, 3.05) is 11.9 Å². The summed E-state index contributed by atoms with van der Waals surface area (Å²) in [7, 11) is 0. The van der Waals surface area contributed by atoms with E-state index in [-0.39, 0.29) is 5.91 Å². The van der Waals surface area contributed by atoms with Crippen molar-refractivity contribution in [2.24, 2.45) is 4.99 Å². The predicted octanol–water partition coefficient (Wildman–Crippen LogP) is 2.63. The van der Waals surface area contributed by atoms with E-state index >= 15 is 0 Å². The van der Waals surface area contributed by atoms with Crippen molar-refractivity contribution in [1.82, 2.24) is 0 Å². The van der Waals surface area contributed by atoms with Gasteiger partial charge in [-0.25, -0.2) is 0 Å². The smallest absolute Gasteiger partial charge is 0.262 e. The minimum atomic E-state index is -0.0586. The zero-order valence-corrected chi connectivity index (χ0v) is 9.83. The average Bonchev–Trinajstić information content (AvgIpc) is 2.83. The average molecular weight is 242 g/mol. The summed E-state index contributed by atoms with van der Waals surface area (Å²) in [6.07, 6.45) is 5.74. The van der Waals surface area contributed by atoms with Crippen molar-refractivity contribution in [3.63, 3.8) is 0 Å². The highest BCUT2D eigenvalue weighted by Crippen LogP contribution is 2.37. The monoisotopic (exact) mass is 242 g/mol. The minimum absolute atomic E-state index is 0.0586. The highest BCUT2D eigenvalue weighted by molar-refractivity contribution is 8.04. The Morgan fingerprint density at radius 2 is 2.24 bits per heavy atom. The first-order valence-electron chi connectivity index (χ1n) is 5.34. The van der Waals surface area contributed by atoms with Crippen molar-refractivity contribution >= 4 is 29.1 Å². The van der Waals surface area contributed by atoms with Crippen LogP contribution in [0.15, 0.2) is 57.3 Å². The maximum Gasteiger partial charge on any atom is 0.262 e. The molecule has 0 radical (unpaired) electrons. The van der Waals surface area contributed by atoms with E-state index in [0.717, 1.165) is 16.3 Å². The van der Waals surface area contributed by atoms with Gasteiger partial charge in [-0.05, 0) is 24.3 Å². The van der Waals surface area contributed by atoms with Crippen LogP contribution in [0.4, 0.5) is 5.69 Å². The number of carbonyl (C=O) groups is 1. The number of para-hydroxylation sites is 1. The number of carbonyl (C=O) groups excluding carboxylic acids is 1. The van der Waals surface area contributed by atoms with Gasteiger partial charge in [0.15, 0.2) is 0 Å². The van der Waals surface area contributed by atoms with Gasteiger partial charge in [-0.15, -0.1) is 0 Å². The van der Waals surface area contributed by atoms with Crippen LogP contribution in [0.1, 0.15) is 0 Å². The van der Waals surface area contributed by atoms with E-state index in [2.05, 4.69) is 10.3 Å². The first-order valence-corrected chi connectivity index (χ1v) is 6.15. The number of hydrogen-bond acceptors (Lipinski definition) is 3. The summed E-state index contributed by atoms with van der Waals surface area (Å²) < 4.78 is 0. The van der Waals surface area contributed by atoms with Crippen molar-refractivity contribution in [3.05, 3.63) is 47.4 Å². The van der Waals surface area contributed by atoms with Gasteiger partial charge in [0.05, 0.1) is 22.8 Å². The van der Waals surface area contributed by atoms with Crippen LogP contribution in [0, 0.1) is 0 Å². The fourth-order valence-corrected chi connectivity index (χ4v) is 2.65. The lowest BCUT2D eigenvalue weighted by molar-refractivity contribution is -0.112. The third kappa shape index (κ3) is 2.03. The van der Waals surface area contributed by atoms with Crippen molar-refractivity contribution in [1.29, 1.82) is 0 Å². The molecule has 84 valence electrons. The molecule has 4 heteroatoms. The van der Waals surface area contributed by atoms with Crippen LogP contribution in [0.25, 0.3) is 0 Å². The molecule has 2 aliphatic rings. The number of nitrogens with zero attached hydrogens (tertiary/aromatic N) is 1. The molecule has 0 spiro atoms. The van der Waals surface area contributed by atoms with E-state index < -0.39 is 0 Å². The van der Waals surface area contributed by atoms with Gasteiger partial charge in [-0.3, -0.25) is 9.79 Å². The summed E-state index contributed by atoms with van der Waals surface area (Å²) in [6.45, 7) is 0.710. The van der Waals surface area contributed by atoms with Crippen LogP contribution < -0.4 is 5.32 Å². The molecule has 0 bridgehead atoms. The number of thioether (sulfide) groups is 1. The molecule has 0 atom stereocenters. The lowest BCUT2D eigenvalue weighted by Gasteiger charge is -2.17. The van der Waals surface area contributed by atoms with Crippen LogP contribution >= 0.6 is 11.8 Å². The predicted molar refractivity (Wildman–Crippen MR) is 70.5 cm³/mol. The second-order valence-corrected chi connectivity index (χ2v) is 4.81. The van der Waals surface area contributed by atoms with E-state index in [1.807, 2.05) is 42.5 Å². The van der Waals surface area contributed by atoms with E-state index in [9.17, 15) is 4.79 Å². The molecule has 0 aromatic heterocycles. The maximum absolute atomic E-state index is 11.9. The Kier molecular flexibility index (Phi) is 2.57. The maximum atomic E-state index is 11.9. The summed E-state index contributed by atoms with van der Waals surface area (Å²) in [5, 5.41) is 2.88. The second kappa shape index (κ2) is 4.22. The molecule has 0 aliphatic carbocycles. The molecule has 17 heavy (non-hydrogen) atoms. The van der Waals surface area contributed by atoms with Gasteiger partial charge in [0.1, 0.15) is 0 Å². The Labute approximate surface area is 103 Å². The Hall–Kier alpha value is -1.81. The molecule has 1 amide bonds. The van der Waals surface area contributed by atoms with Crippen LogP contribution in [0.5, 0.6) is 0 Å². The first-order chi connectivity index (χ1) is 8.33. The van der Waals surface area contributed by atoms with Gasteiger partial charge >= 0.3 is 0 Å². The van der Waals surface area contributed by atoms with E-state index in [0.29, 0.717) is 11.4 Å². The molecule has 3 nitrogen and oxygen atoms in total. The summed E-state index contributed by atoms with van der Waals surface area (Å²) in [5.74, 6) is -0.0586. The largest absolute Gasteiger partial charge is 0.320 e. The van der Waals surface area contributed by atoms with Crippen LogP contribution in [-0.2, 0) is 4.79 Å². The summed E-state index contributed by atoms with van der Waals surface area (Å²) >= 11 is 1.49. The van der Waals surface area contributed by atoms with Gasteiger partial charge in [-0.1, -0.05) is 30.0 Å². The topological polar surface area (TPSA) is 41.5 Å². The quantitative estimate of drug-likeness (QED) is 0.769. The van der Waals surface area contributed by atoms with Gasteiger partial charge in [-0.2, -0.15) is 0 Å². The van der Waals surface area contributed by atoms with E-state index in [1.165, 1.54) is 11.8 Å². The van der Waals surface area contributed by atoms with Gasteiger partial charge in [0.2, 0.25) is 0 Å². The van der Waals surface area contributed by atoms with Crippen molar-refractivity contribution < 1.29 is 4.79 Å². The molecule has 0 saturated carbocycles. The third-order valence-corrected chi connectivity index (χ3v) is 3.62. The van der Waals surface area contributed by atoms with Gasteiger partial charge in [0, 0.05) is 4.90 Å². The number of benzene rings is 1. The fraction of sp³-hybridized carbons (Fsp3) is 0.0769. The van der Waals surface area contributed by atoms with Gasteiger partial charge in [0.25, 0.3) is 5.91 Å². The SMILES string of the molecule is O=C1Nc2ccccc2SC1=CC1=NCC=C1. The molecular weight excluding hydrogens is 232 g/mol. The van der Waals surface area contributed by atoms with E-state index in [4.69, 9.17) is 0 Å². The molecule has 0 fully saturated rings. The second-order valence-electron chi connectivity index (χ2n) is 3.73. The number of rotatable bonds is 1. The molecule has 2 aliphatic heterocycles. The minimum Gasteiger partial charge on any atom is -0.320 e. The Bertz CT molecular complexity index is 573. The van der Waals surface area contributed by atoms with Crippen molar-refractivity contribution in [3.8, 4) is 0 Å². The number of anilines is 1.